The molecule has 1 heterocycles. The van der Waals surface area contributed by atoms with E-state index in [9.17, 15) is 13.2 Å². The molecule has 0 bridgehead atoms. The van der Waals surface area contributed by atoms with Gasteiger partial charge in [-0.05, 0) is 18.2 Å². The van der Waals surface area contributed by atoms with Crippen molar-refractivity contribution in [3.8, 4) is 0 Å². The molecule has 0 aromatic heterocycles. The molecule has 7 nitrogen and oxygen atoms in total. The Morgan fingerprint density at radius 1 is 1.25 bits per heavy atom. The molecule has 1 fully saturated rings. The molecule has 0 unspecified atom stereocenters. The molecule has 0 atom stereocenters. The number of carbonyl (C=O) groups excluding carboxylic acids is 1. The van der Waals surface area contributed by atoms with Gasteiger partial charge in [0.05, 0.1) is 36.2 Å². The average Bonchev–Trinajstić information content (AvgIpc) is 2.51. The van der Waals surface area contributed by atoms with Crippen LogP contribution in [0, 0.1) is 0 Å². The summed E-state index contributed by atoms with van der Waals surface area (Å²) in [6.07, 6.45) is 0. The third kappa shape index (κ3) is 4.81. The number of amides is 1. The summed E-state index contributed by atoms with van der Waals surface area (Å²) in [5.74, 6) is -0.146. The molecule has 134 valence electrons. The highest BCUT2D eigenvalue weighted by molar-refractivity contribution is 7.86. The molecule has 1 aliphatic heterocycles. The van der Waals surface area contributed by atoms with Crippen LogP contribution in [0.2, 0.25) is 10.0 Å². The fraction of sp³-hybridized carbons (Fsp3) is 0.500. The van der Waals surface area contributed by atoms with Crippen LogP contribution >= 0.6 is 23.2 Å². The summed E-state index contributed by atoms with van der Waals surface area (Å²) in [5.41, 5.74) is 0.586. The highest BCUT2D eigenvalue weighted by Gasteiger charge is 2.31. The SMILES string of the molecule is CN(C)S(=O)(=O)N1CC[NH+](CC(=O)Nc2ccc(Cl)c(Cl)c2)CC1. The molecule has 1 aromatic carbocycles. The molecule has 24 heavy (non-hydrogen) atoms. The fourth-order valence-electron chi connectivity index (χ4n) is 2.45. The van der Waals surface area contributed by atoms with E-state index in [2.05, 4.69) is 5.32 Å². The maximum atomic E-state index is 12.1. The van der Waals surface area contributed by atoms with E-state index in [0.29, 0.717) is 41.9 Å². The molecule has 1 saturated heterocycles. The Labute approximate surface area is 152 Å². The van der Waals surface area contributed by atoms with Crippen molar-refractivity contribution < 1.29 is 18.1 Å². The Balaban J connectivity index is 1.85. The normalized spacial score (nSPS) is 17.2. The van der Waals surface area contributed by atoms with Crippen LogP contribution in [-0.4, -0.2) is 69.8 Å². The lowest BCUT2D eigenvalue weighted by Gasteiger charge is -2.32. The summed E-state index contributed by atoms with van der Waals surface area (Å²) in [6, 6.07) is 4.90. The molecule has 10 heteroatoms. The molecule has 0 radical (unpaired) electrons. The van der Waals surface area contributed by atoms with Gasteiger partial charge in [-0.15, -0.1) is 0 Å². The summed E-state index contributed by atoms with van der Waals surface area (Å²) in [7, 11) is -0.357. The Morgan fingerprint density at radius 3 is 2.42 bits per heavy atom. The van der Waals surface area contributed by atoms with Gasteiger partial charge in [-0.25, -0.2) is 0 Å². The Morgan fingerprint density at radius 2 is 1.88 bits per heavy atom. The molecular weight excluding hydrogens is 375 g/mol. The van der Waals surface area contributed by atoms with E-state index in [1.807, 2.05) is 0 Å². The topological polar surface area (TPSA) is 74.2 Å². The molecule has 0 saturated carbocycles. The van der Waals surface area contributed by atoms with Crippen molar-refractivity contribution in [2.45, 2.75) is 0 Å². The van der Waals surface area contributed by atoms with E-state index in [1.165, 1.54) is 22.7 Å². The van der Waals surface area contributed by atoms with Crippen LogP contribution in [0.3, 0.4) is 0 Å². The number of nitrogens with one attached hydrogen (secondary N) is 2. The highest BCUT2D eigenvalue weighted by Crippen LogP contribution is 2.24. The van der Waals surface area contributed by atoms with Crippen molar-refractivity contribution >= 4 is 45.0 Å². The minimum atomic E-state index is -3.38. The van der Waals surface area contributed by atoms with Crippen LogP contribution in [0.15, 0.2) is 18.2 Å². The monoisotopic (exact) mass is 395 g/mol. The third-order valence-electron chi connectivity index (χ3n) is 3.83. The quantitative estimate of drug-likeness (QED) is 0.733. The predicted molar refractivity (Wildman–Crippen MR) is 94.8 cm³/mol. The zero-order valence-corrected chi connectivity index (χ0v) is 15.9. The Hall–Kier alpha value is -0.900. The van der Waals surface area contributed by atoms with Crippen LogP contribution in [0.1, 0.15) is 0 Å². The van der Waals surface area contributed by atoms with Crippen LogP contribution in [0.5, 0.6) is 0 Å². The maximum Gasteiger partial charge on any atom is 0.281 e. The number of hydrogen-bond donors (Lipinski definition) is 2. The standard InChI is InChI=1S/C14H20Cl2N4O3S/c1-18(2)24(22,23)20-7-5-19(6-8-20)10-14(21)17-11-3-4-12(15)13(16)9-11/h3-4,9H,5-8,10H2,1-2H3,(H,17,21)/p+1. The molecule has 2 rings (SSSR count). The van der Waals surface area contributed by atoms with Crippen LogP contribution in [-0.2, 0) is 15.0 Å². The number of halogens is 2. The van der Waals surface area contributed by atoms with Gasteiger partial charge in [0.2, 0.25) is 0 Å². The number of rotatable bonds is 5. The third-order valence-corrected chi connectivity index (χ3v) is 6.51. The molecule has 1 amide bonds. The first-order valence-electron chi connectivity index (χ1n) is 7.46. The second kappa shape index (κ2) is 7.99. The first kappa shape index (κ1) is 19.4. The summed E-state index contributed by atoms with van der Waals surface area (Å²) >= 11 is 11.8. The minimum absolute atomic E-state index is 0.146. The summed E-state index contributed by atoms with van der Waals surface area (Å²) < 4.78 is 26.8. The smallest absolute Gasteiger partial charge is 0.281 e. The van der Waals surface area contributed by atoms with Crippen LogP contribution < -0.4 is 10.2 Å². The zero-order chi connectivity index (χ0) is 17.9. The summed E-state index contributed by atoms with van der Waals surface area (Å²) in [5, 5.41) is 3.58. The van der Waals surface area contributed by atoms with Crippen molar-refractivity contribution in [3.63, 3.8) is 0 Å². The number of hydrogen-bond acceptors (Lipinski definition) is 3. The lowest BCUT2D eigenvalue weighted by atomic mass is 10.3. The maximum absolute atomic E-state index is 12.1. The molecule has 0 spiro atoms. The van der Waals surface area contributed by atoms with Gasteiger partial charge in [0, 0.05) is 19.8 Å². The Bertz CT molecular complexity index is 704. The largest absolute Gasteiger partial charge is 0.325 e. The molecule has 2 N–H and O–H groups in total. The second-order valence-electron chi connectivity index (χ2n) is 5.79. The van der Waals surface area contributed by atoms with Gasteiger partial charge >= 0.3 is 0 Å². The van der Waals surface area contributed by atoms with Gasteiger partial charge in [-0.2, -0.15) is 17.0 Å². The fourth-order valence-corrected chi connectivity index (χ4v) is 3.85. The van der Waals surface area contributed by atoms with Gasteiger partial charge in [0.25, 0.3) is 16.1 Å². The number of anilines is 1. The van der Waals surface area contributed by atoms with Crippen molar-refractivity contribution in [3.05, 3.63) is 28.2 Å². The van der Waals surface area contributed by atoms with Crippen molar-refractivity contribution in [1.82, 2.24) is 8.61 Å². The van der Waals surface area contributed by atoms with Crippen LogP contribution in [0.25, 0.3) is 0 Å². The van der Waals surface area contributed by atoms with Gasteiger partial charge in [0.15, 0.2) is 6.54 Å². The van der Waals surface area contributed by atoms with Gasteiger partial charge in [0.1, 0.15) is 0 Å². The second-order valence-corrected chi connectivity index (χ2v) is 8.75. The van der Waals surface area contributed by atoms with E-state index < -0.39 is 10.2 Å². The van der Waals surface area contributed by atoms with E-state index in [1.54, 1.807) is 18.2 Å². The minimum Gasteiger partial charge on any atom is -0.325 e. The zero-order valence-electron chi connectivity index (χ0n) is 13.6. The molecule has 1 aliphatic rings. The van der Waals surface area contributed by atoms with Crippen molar-refractivity contribution in [2.75, 3.05) is 52.1 Å². The van der Waals surface area contributed by atoms with Crippen molar-refractivity contribution in [1.29, 1.82) is 0 Å². The molecule has 0 aliphatic carbocycles. The van der Waals surface area contributed by atoms with E-state index in [4.69, 9.17) is 23.2 Å². The number of piperazine rings is 1. The number of benzene rings is 1. The Kier molecular flexibility index (Phi) is 6.46. The number of quaternary nitrogens is 1. The highest BCUT2D eigenvalue weighted by atomic mass is 35.5. The summed E-state index contributed by atoms with van der Waals surface area (Å²) in [6.45, 7) is 2.24. The molecular formula is C14H21Cl2N4O3S+. The predicted octanol–water partition coefficient (Wildman–Crippen LogP) is -0.0612. The lowest BCUT2D eigenvalue weighted by molar-refractivity contribution is -0.895. The molecule has 1 aromatic rings. The first-order chi connectivity index (χ1) is 11.2. The number of nitrogens with zero attached hydrogens (tertiary/aromatic N) is 2. The first-order valence-corrected chi connectivity index (χ1v) is 9.61. The van der Waals surface area contributed by atoms with E-state index >= 15 is 0 Å². The van der Waals surface area contributed by atoms with Crippen molar-refractivity contribution in [2.24, 2.45) is 0 Å². The van der Waals surface area contributed by atoms with Crippen LogP contribution in [0.4, 0.5) is 5.69 Å². The summed E-state index contributed by atoms with van der Waals surface area (Å²) in [4.78, 5) is 13.2. The van der Waals surface area contributed by atoms with E-state index in [0.717, 1.165) is 4.90 Å². The average molecular weight is 396 g/mol. The van der Waals surface area contributed by atoms with Gasteiger partial charge < -0.3 is 10.2 Å². The number of carbonyl (C=O) groups is 1. The lowest BCUT2D eigenvalue weighted by Crippen LogP contribution is -3.15. The van der Waals surface area contributed by atoms with E-state index in [-0.39, 0.29) is 12.5 Å². The van der Waals surface area contributed by atoms with Gasteiger partial charge in [-0.1, -0.05) is 23.2 Å². The van der Waals surface area contributed by atoms with Gasteiger partial charge in [-0.3, -0.25) is 4.79 Å².